The zero-order valence-electron chi connectivity index (χ0n) is 13.0. The Labute approximate surface area is 130 Å². The van der Waals surface area contributed by atoms with E-state index in [4.69, 9.17) is 0 Å². The van der Waals surface area contributed by atoms with Crippen LogP contribution in [0.15, 0.2) is 17.5 Å². The quantitative estimate of drug-likeness (QED) is 0.878. The third-order valence-electron chi connectivity index (χ3n) is 4.11. The lowest BCUT2D eigenvalue weighted by Crippen LogP contribution is -2.54. The lowest BCUT2D eigenvalue weighted by Gasteiger charge is -2.33. The molecule has 0 saturated carbocycles. The fraction of sp³-hybridized carbons (Fsp3) is 0.625. The standard InChI is InChI=1S/C16H24N2O2S/c1-12(2)7-9-17-15(20)16(3)8-6-14(19)18(16)11-13-5-4-10-21-13/h4-5,10,12H,6-9,11H2,1-3H3,(H,17,20)/t16-/m0/s1. The molecule has 1 N–H and O–H groups in total. The molecule has 4 nitrogen and oxygen atoms in total. The maximum atomic E-state index is 12.5. The Morgan fingerprint density at radius 3 is 2.90 bits per heavy atom. The number of rotatable bonds is 6. The molecule has 116 valence electrons. The first-order valence-corrected chi connectivity index (χ1v) is 8.42. The normalized spacial score (nSPS) is 22.1. The molecule has 1 atom stereocenters. The van der Waals surface area contributed by atoms with Gasteiger partial charge in [0.25, 0.3) is 0 Å². The summed E-state index contributed by atoms with van der Waals surface area (Å²) in [6.07, 6.45) is 2.02. The van der Waals surface area contributed by atoms with Crippen LogP contribution in [-0.4, -0.2) is 28.8 Å². The first-order valence-electron chi connectivity index (χ1n) is 7.54. The van der Waals surface area contributed by atoms with Crippen LogP contribution in [0, 0.1) is 5.92 Å². The number of nitrogens with one attached hydrogen (secondary N) is 1. The molecule has 0 aromatic carbocycles. The summed E-state index contributed by atoms with van der Waals surface area (Å²) in [7, 11) is 0. The molecular formula is C16H24N2O2S. The summed E-state index contributed by atoms with van der Waals surface area (Å²) in [6, 6.07) is 3.98. The van der Waals surface area contributed by atoms with E-state index >= 15 is 0 Å². The topological polar surface area (TPSA) is 49.4 Å². The number of carbonyl (C=O) groups excluding carboxylic acids is 2. The van der Waals surface area contributed by atoms with Crippen LogP contribution < -0.4 is 5.32 Å². The summed E-state index contributed by atoms with van der Waals surface area (Å²) >= 11 is 1.62. The fourth-order valence-electron chi connectivity index (χ4n) is 2.62. The van der Waals surface area contributed by atoms with Crippen molar-refractivity contribution < 1.29 is 9.59 Å². The highest BCUT2D eigenvalue weighted by molar-refractivity contribution is 7.09. The van der Waals surface area contributed by atoms with Crippen LogP contribution >= 0.6 is 11.3 Å². The Balaban J connectivity index is 2.03. The monoisotopic (exact) mass is 308 g/mol. The number of carbonyl (C=O) groups is 2. The zero-order chi connectivity index (χ0) is 15.5. The van der Waals surface area contributed by atoms with Gasteiger partial charge in [0.05, 0.1) is 6.54 Å². The number of hydrogen-bond acceptors (Lipinski definition) is 3. The van der Waals surface area contributed by atoms with Crippen LogP contribution in [0.4, 0.5) is 0 Å². The Bertz CT molecular complexity index is 498. The second-order valence-electron chi connectivity index (χ2n) is 6.27. The lowest BCUT2D eigenvalue weighted by molar-refractivity contribution is -0.141. The molecule has 2 rings (SSSR count). The zero-order valence-corrected chi connectivity index (χ0v) is 13.8. The average molecular weight is 308 g/mol. The molecule has 0 aliphatic carbocycles. The van der Waals surface area contributed by atoms with Crippen LogP contribution in [0.3, 0.4) is 0 Å². The highest BCUT2D eigenvalue weighted by Gasteiger charge is 2.47. The average Bonchev–Trinajstić information content (AvgIpc) is 3.03. The molecule has 2 heterocycles. The van der Waals surface area contributed by atoms with E-state index < -0.39 is 5.54 Å². The van der Waals surface area contributed by atoms with Gasteiger partial charge in [0.15, 0.2) is 0 Å². The van der Waals surface area contributed by atoms with Crippen molar-refractivity contribution in [2.45, 2.75) is 52.1 Å². The number of amides is 2. The van der Waals surface area contributed by atoms with Gasteiger partial charge in [-0.05, 0) is 37.1 Å². The Morgan fingerprint density at radius 1 is 1.52 bits per heavy atom. The predicted octanol–water partition coefficient (Wildman–Crippen LogP) is 2.79. The van der Waals surface area contributed by atoms with Crippen molar-refractivity contribution in [1.82, 2.24) is 10.2 Å². The van der Waals surface area contributed by atoms with E-state index in [1.807, 2.05) is 24.4 Å². The number of hydrogen-bond donors (Lipinski definition) is 1. The molecule has 5 heteroatoms. The smallest absolute Gasteiger partial charge is 0.245 e. The van der Waals surface area contributed by atoms with Crippen LogP contribution in [-0.2, 0) is 16.1 Å². The SMILES string of the molecule is CC(C)CCNC(=O)[C@]1(C)CCC(=O)N1Cc1cccs1. The molecular weight excluding hydrogens is 284 g/mol. The van der Waals surface area contributed by atoms with Gasteiger partial charge in [0.1, 0.15) is 5.54 Å². The lowest BCUT2D eigenvalue weighted by atomic mass is 9.97. The van der Waals surface area contributed by atoms with E-state index in [1.165, 1.54) is 0 Å². The van der Waals surface area contributed by atoms with E-state index in [0.29, 0.717) is 31.8 Å². The largest absolute Gasteiger partial charge is 0.354 e. The molecule has 1 fully saturated rings. The van der Waals surface area contributed by atoms with Crippen molar-refractivity contribution in [2.24, 2.45) is 5.92 Å². The maximum absolute atomic E-state index is 12.5. The molecule has 1 aromatic rings. The highest BCUT2D eigenvalue weighted by Crippen LogP contribution is 2.32. The summed E-state index contributed by atoms with van der Waals surface area (Å²) in [5, 5.41) is 4.99. The maximum Gasteiger partial charge on any atom is 0.245 e. The minimum atomic E-state index is -0.710. The van der Waals surface area contributed by atoms with Crippen molar-refractivity contribution >= 4 is 23.2 Å². The van der Waals surface area contributed by atoms with Gasteiger partial charge in [-0.1, -0.05) is 19.9 Å². The molecule has 2 amide bonds. The van der Waals surface area contributed by atoms with Crippen molar-refractivity contribution in [2.75, 3.05) is 6.54 Å². The van der Waals surface area contributed by atoms with E-state index in [9.17, 15) is 9.59 Å². The molecule has 0 unspecified atom stereocenters. The van der Waals surface area contributed by atoms with Crippen LogP contribution in [0.1, 0.15) is 44.9 Å². The van der Waals surface area contributed by atoms with E-state index in [0.717, 1.165) is 11.3 Å². The van der Waals surface area contributed by atoms with Gasteiger partial charge < -0.3 is 10.2 Å². The van der Waals surface area contributed by atoms with Crippen molar-refractivity contribution in [3.8, 4) is 0 Å². The molecule has 0 bridgehead atoms. The minimum absolute atomic E-state index is 0.0226. The molecule has 1 saturated heterocycles. The Hall–Kier alpha value is -1.36. The van der Waals surface area contributed by atoms with Gasteiger partial charge >= 0.3 is 0 Å². The van der Waals surface area contributed by atoms with Crippen LogP contribution in [0.5, 0.6) is 0 Å². The third kappa shape index (κ3) is 3.64. The predicted molar refractivity (Wildman–Crippen MR) is 85.0 cm³/mol. The Morgan fingerprint density at radius 2 is 2.29 bits per heavy atom. The van der Waals surface area contributed by atoms with Crippen LogP contribution in [0.25, 0.3) is 0 Å². The first-order chi connectivity index (χ1) is 9.93. The highest BCUT2D eigenvalue weighted by atomic mass is 32.1. The molecule has 1 aliphatic heterocycles. The molecule has 0 spiro atoms. The van der Waals surface area contributed by atoms with Gasteiger partial charge in [-0.3, -0.25) is 9.59 Å². The van der Waals surface area contributed by atoms with Crippen molar-refractivity contribution in [3.63, 3.8) is 0 Å². The van der Waals surface area contributed by atoms with E-state index in [-0.39, 0.29) is 11.8 Å². The molecule has 1 aliphatic rings. The van der Waals surface area contributed by atoms with Gasteiger partial charge in [-0.25, -0.2) is 0 Å². The van der Waals surface area contributed by atoms with Crippen LogP contribution in [0.2, 0.25) is 0 Å². The number of nitrogens with zero attached hydrogens (tertiary/aromatic N) is 1. The number of thiophene rings is 1. The van der Waals surface area contributed by atoms with E-state index in [2.05, 4.69) is 19.2 Å². The van der Waals surface area contributed by atoms with Crippen molar-refractivity contribution in [3.05, 3.63) is 22.4 Å². The van der Waals surface area contributed by atoms with Gasteiger partial charge in [-0.15, -0.1) is 11.3 Å². The molecule has 21 heavy (non-hydrogen) atoms. The molecule has 0 radical (unpaired) electrons. The Kier molecular flexibility index (Phi) is 5.04. The third-order valence-corrected chi connectivity index (χ3v) is 4.97. The summed E-state index contributed by atoms with van der Waals surface area (Å²) in [5.74, 6) is 0.612. The minimum Gasteiger partial charge on any atom is -0.354 e. The van der Waals surface area contributed by atoms with E-state index in [1.54, 1.807) is 16.2 Å². The summed E-state index contributed by atoms with van der Waals surface area (Å²) in [6.45, 7) is 7.36. The summed E-state index contributed by atoms with van der Waals surface area (Å²) in [4.78, 5) is 27.5. The second-order valence-corrected chi connectivity index (χ2v) is 7.30. The van der Waals surface area contributed by atoms with Gasteiger partial charge in [-0.2, -0.15) is 0 Å². The van der Waals surface area contributed by atoms with Gasteiger partial charge in [0.2, 0.25) is 11.8 Å². The second kappa shape index (κ2) is 6.60. The fourth-order valence-corrected chi connectivity index (χ4v) is 3.31. The summed E-state index contributed by atoms with van der Waals surface area (Å²) in [5.41, 5.74) is -0.710. The molecule has 1 aromatic heterocycles. The number of likely N-dealkylation sites (tertiary alicyclic amines) is 1. The first kappa shape index (κ1) is 16.0. The summed E-state index contributed by atoms with van der Waals surface area (Å²) < 4.78 is 0. The van der Waals surface area contributed by atoms with Gasteiger partial charge in [0, 0.05) is 17.8 Å². The van der Waals surface area contributed by atoms with Crippen molar-refractivity contribution in [1.29, 1.82) is 0 Å².